The van der Waals surface area contributed by atoms with Crippen LogP contribution < -0.4 is 0 Å². The fraction of sp³-hybridized carbons (Fsp3) is 0.238. The third-order valence-corrected chi connectivity index (χ3v) is 7.19. The molecule has 0 N–H and O–H groups in total. The maximum atomic E-state index is 12.6. The van der Waals surface area contributed by atoms with Crippen molar-refractivity contribution in [3.05, 3.63) is 70.5 Å². The molecule has 0 aliphatic carbocycles. The highest BCUT2D eigenvalue weighted by atomic mass is 35.5. The van der Waals surface area contributed by atoms with Crippen LogP contribution in [0.5, 0.6) is 0 Å². The van der Waals surface area contributed by atoms with Gasteiger partial charge in [0.15, 0.2) is 15.6 Å². The number of fused-ring (bicyclic) bond motifs is 1. The minimum absolute atomic E-state index is 0.0486. The van der Waals surface area contributed by atoms with Crippen LogP contribution in [0.15, 0.2) is 48.5 Å². The number of nitrogens with zero attached hydrogens (tertiary/aromatic N) is 2. The summed E-state index contributed by atoms with van der Waals surface area (Å²) in [6.45, 7) is 1.80. The van der Waals surface area contributed by atoms with E-state index in [0.29, 0.717) is 28.4 Å². The molecule has 5 nitrogen and oxygen atoms in total. The number of allylic oxidation sites excluding steroid dienone is 1. The largest absolute Gasteiger partial charge is 0.289 e. The van der Waals surface area contributed by atoms with Crippen molar-refractivity contribution in [3.63, 3.8) is 0 Å². The number of ketones is 1. The van der Waals surface area contributed by atoms with E-state index in [0.717, 1.165) is 10.8 Å². The topological polar surface area (TPSA) is 69.0 Å². The van der Waals surface area contributed by atoms with Gasteiger partial charge in [-0.05, 0) is 42.3 Å². The van der Waals surface area contributed by atoms with Crippen molar-refractivity contribution in [2.75, 3.05) is 11.5 Å². The highest BCUT2D eigenvalue weighted by molar-refractivity contribution is 7.91. The van der Waals surface area contributed by atoms with Crippen molar-refractivity contribution in [3.8, 4) is 0 Å². The van der Waals surface area contributed by atoms with E-state index >= 15 is 0 Å². The Kier molecular flexibility index (Phi) is 4.85. The summed E-state index contributed by atoms with van der Waals surface area (Å²) in [5.74, 6) is 0.0725. The minimum Gasteiger partial charge on any atom is -0.289 e. The molecule has 1 atom stereocenters. The van der Waals surface area contributed by atoms with E-state index in [2.05, 4.69) is 5.10 Å². The molecule has 28 heavy (non-hydrogen) atoms. The molecular weight excluding hydrogens is 396 g/mol. The number of aromatic nitrogens is 2. The van der Waals surface area contributed by atoms with Crippen molar-refractivity contribution in [1.29, 1.82) is 0 Å². The molecule has 0 unspecified atom stereocenters. The van der Waals surface area contributed by atoms with Crippen LogP contribution in [0.25, 0.3) is 16.8 Å². The minimum atomic E-state index is -3.04. The summed E-state index contributed by atoms with van der Waals surface area (Å²) in [5, 5.41) is 6.85. The molecular formula is C21H19ClN2O3S. The van der Waals surface area contributed by atoms with Crippen LogP contribution in [0.2, 0.25) is 5.15 Å². The summed E-state index contributed by atoms with van der Waals surface area (Å²) < 4.78 is 25.1. The lowest BCUT2D eigenvalue weighted by Crippen LogP contribution is -2.12. The molecule has 0 bridgehead atoms. The first-order valence-electron chi connectivity index (χ1n) is 9.00. The Morgan fingerprint density at radius 1 is 1.21 bits per heavy atom. The van der Waals surface area contributed by atoms with Crippen LogP contribution >= 0.6 is 11.6 Å². The van der Waals surface area contributed by atoms with Crippen LogP contribution in [0, 0.1) is 6.92 Å². The average Bonchev–Trinajstić information content (AvgIpc) is 3.18. The Bertz CT molecular complexity index is 1210. The Morgan fingerprint density at radius 2 is 1.96 bits per heavy atom. The molecule has 0 saturated carbocycles. The number of carbonyl (C=O) groups excluding carboxylic acids is 1. The highest BCUT2D eigenvalue weighted by Crippen LogP contribution is 2.30. The zero-order chi connectivity index (χ0) is 19.9. The molecule has 0 radical (unpaired) electrons. The Labute approximate surface area is 168 Å². The predicted octanol–water partition coefficient (Wildman–Crippen LogP) is 4.25. The van der Waals surface area contributed by atoms with Gasteiger partial charge in [0, 0.05) is 11.1 Å². The van der Waals surface area contributed by atoms with Gasteiger partial charge in [0.05, 0.1) is 23.2 Å². The number of sulfone groups is 1. The number of benzene rings is 2. The lowest BCUT2D eigenvalue weighted by molar-refractivity contribution is 0.104. The molecule has 1 fully saturated rings. The van der Waals surface area contributed by atoms with Gasteiger partial charge < -0.3 is 0 Å². The van der Waals surface area contributed by atoms with Gasteiger partial charge in [-0.25, -0.2) is 13.1 Å². The van der Waals surface area contributed by atoms with E-state index in [-0.39, 0.29) is 23.3 Å². The smallest absolute Gasteiger partial charge is 0.185 e. The van der Waals surface area contributed by atoms with Gasteiger partial charge in [0.25, 0.3) is 0 Å². The van der Waals surface area contributed by atoms with E-state index in [1.54, 1.807) is 23.7 Å². The van der Waals surface area contributed by atoms with Gasteiger partial charge in [0.1, 0.15) is 5.15 Å². The molecule has 144 valence electrons. The number of carbonyl (C=O) groups is 1. The molecule has 1 aliphatic rings. The van der Waals surface area contributed by atoms with Crippen molar-refractivity contribution >= 4 is 44.1 Å². The van der Waals surface area contributed by atoms with Crippen LogP contribution in [0.1, 0.15) is 34.1 Å². The summed E-state index contributed by atoms with van der Waals surface area (Å²) in [5.41, 5.74) is 1.90. The van der Waals surface area contributed by atoms with Crippen LogP contribution in [-0.4, -0.2) is 35.5 Å². The number of aryl methyl sites for hydroxylation is 1. The zero-order valence-electron chi connectivity index (χ0n) is 15.3. The average molecular weight is 415 g/mol. The van der Waals surface area contributed by atoms with E-state index in [9.17, 15) is 13.2 Å². The number of hydrogen-bond acceptors (Lipinski definition) is 4. The second-order valence-corrected chi connectivity index (χ2v) is 9.64. The quantitative estimate of drug-likeness (QED) is 0.472. The standard InChI is InChI=1S/C21H19ClN2O3S/c1-14-19(21(22)24(23-14)18-10-11-28(26,27)13-18)8-9-20(25)17-7-6-15-4-2-3-5-16(15)12-17/h2-9,12,18H,10-11,13H2,1H3/b9-8+/t18-/m1/s1. The van der Waals surface area contributed by atoms with Gasteiger partial charge in [0.2, 0.25) is 0 Å². The van der Waals surface area contributed by atoms with Gasteiger partial charge in [-0.1, -0.05) is 48.0 Å². The fourth-order valence-corrected chi connectivity index (χ4v) is 5.60. The SMILES string of the molecule is Cc1nn([C@@H]2CCS(=O)(=O)C2)c(Cl)c1/C=C/C(=O)c1ccc2ccccc2c1. The first-order valence-corrected chi connectivity index (χ1v) is 11.2. The predicted molar refractivity (Wildman–Crippen MR) is 112 cm³/mol. The highest BCUT2D eigenvalue weighted by Gasteiger charge is 2.31. The third-order valence-electron chi connectivity index (χ3n) is 5.06. The second kappa shape index (κ2) is 7.18. The Balaban J connectivity index is 1.59. The summed E-state index contributed by atoms with van der Waals surface area (Å²) in [6, 6.07) is 13.2. The molecule has 1 aliphatic heterocycles. The molecule has 2 heterocycles. The molecule has 3 aromatic rings. The zero-order valence-corrected chi connectivity index (χ0v) is 16.9. The van der Waals surface area contributed by atoms with Crippen molar-refractivity contribution < 1.29 is 13.2 Å². The summed E-state index contributed by atoms with van der Waals surface area (Å²) in [6.07, 6.45) is 3.64. The molecule has 7 heteroatoms. The summed E-state index contributed by atoms with van der Waals surface area (Å²) in [7, 11) is -3.04. The second-order valence-electron chi connectivity index (χ2n) is 7.05. The van der Waals surface area contributed by atoms with Crippen molar-refractivity contribution in [1.82, 2.24) is 9.78 Å². The lowest BCUT2D eigenvalue weighted by Gasteiger charge is -2.09. The van der Waals surface area contributed by atoms with Crippen LogP contribution in [0.3, 0.4) is 0 Å². The van der Waals surface area contributed by atoms with E-state index < -0.39 is 9.84 Å². The van der Waals surface area contributed by atoms with Crippen molar-refractivity contribution in [2.24, 2.45) is 0 Å². The maximum Gasteiger partial charge on any atom is 0.185 e. The van der Waals surface area contributed by atoms with Gasteiger partial charge in [-0.3, -0.25) is 4.79 Å². The normalized spacial score (nSPS) is 18.9. The monoisotopic (exact) mass is 414 g/mol. The number of hydrogen-bond donors (Lipinski definition) is 0. The molecule has 0 spiro atoms. The Hall–Kier alpha value is -2.44. The maximum absolute atomic E-state index is 12.6. The van der Waals surface area contributed by atoms with E-state index in [1.807, 2.05) is 36.4 Å². The molecule has 0 amide bonds. The van der Waals surface area contributed by atoms with Crippen LogP contribution in [-0.2, 0) is 9.84 Å². The summed E-state index contributed by atoms with van der Waals surface area (Å²) >= 11 is 6.45. The van der Waals surface area contributed by atoms with Gasteiger partial charge in [-0.15, -0.1) is 0 Å². The molecule has 1 aromatic heterocycles. The van der Waals surface area contributed by atoms with Gasteiger partial charge >= 0.3 is 0 Å². The van der Waals surface area contributed by atoms with Gasteiger partial charge in [-0.2, -0.15) is 5.10 Å². The Morgan fingerprint density at radius 3 is 2.68 bits per heavy atom. The molecule has 2 aromatic carbocycles. The summed E-state index contributed by atoms with van der Waals surface area (Å²) in [4.78, 5) is 12.6. The lowest BCUT2D eigenvalue weighted by atomic mass is 10.0. The third kappa shape index (κ3) is 3.62. The first kappa shape index (κ1) is 18.9. The first-order chi connectivity index (χ1) is 13.3. The fourth-order valence-electron chi connectivity index (χ4n) is 3.53. The molecule has 1 saturated heterocycles. The van der Waals surface area contributed by atoms with Crippen molar-refractivity contribution in [2.45, 2.75) is 19.4 Å². The van der Waals surface area contributed by atoms with E-state index in [1.165, 1.54) is 6.08 Å². The van der Waals surface area contributed by atoms with E-state index in [4.69, 9.17) is 11.6 Å². The van der Waals surface area contributed by atoms with Crippen LogP contribution in [0.4, 0.5) is 0 Å². The molecule has 4 rings (SSSR count). The number of halogens is 1. The number of rotatable bonds is 4.